The van der Waals surface area contributed by atoms with Crippen LogP contribution >= 0.6 is 0 Å². The van der Waals surface area contributed by atoms with Gasteiger partial charge >= 0.3 is 23.1 Å². The predicted octanol–water partition coefficient (Wildman–Crippen LogP) is 0.100. The first-order valence-electron chi connectivity index (χ1n) is 0.224. The van der Waals surface area contributed by atoms with Gasteiger partial charge in [-0.2, -0.15) is 0 Å². The molecule has 0 amide bonds. The number of hydrogen-bond donors (Lipinski definition) is 1. The Hall–Kier alpha value is 0.736. The molecule has 0 rings (SSSR count). The van der Waals surface area contributed by atoms with Crippen molar-refractivity contribution in [2.75, 3.05) is 0 Å². The van der Waals surface area contributed by atoms with Gasteiger partial charge in [-0.1, -0.05) is 0 Å². The molecule has 0 aliphatic rings. The van der Waals surface area contributed by atoms with E-state index >= 15 is 0 Å². The molecule has 30 valence electrons. The van der Waals surface area contributed by atoms with Crippen molar-refractivity contribution in [3.63, 3.8) is 0 Å². The first-order valence-corrected chi connectivity index (χ1v) is 0.224. The molecule has 0 heterocycles. The van der Waals surface area contributed by atoms with Gasteiger partial charge in [0.1, 0.15) is 0 Å². The molecule has 5 heavy (non-hydrogen) atoms. The minimum atomic E-state index is 0. The zero-order chi connectivity index (χ0) is 2.00. The molecule has 4 heteroatoms. The fourth-order valence-corrected chi connectivity index (χ4v) is 0. The summed E-state index contributed by atoms with van der Waals surface area (Å²) in [6.07, 6.45) is 0. The third kappa shape index (κ3) is 65.5. The maximum atomic E-state index is 6.25. The van der Waals surface area contributed by atoms with Gasteiger partial charge in [-0.3, -0.25) is 0 Å². The van der Waals surface area contributed by atoms with E-state index in [-0.39, 0.29) is 49.1 Å². The monoisotopic (exact) mass is 125 g/mol. The van der Waals surface area contributed by atoms with Crippen LogP contribution in [0.25, 0.3) is 0 Å². The van der Waals surface area contributed by atoms with Gasteiger partial charge < -0.3 is 20.8 Å². The summed E-state index contributed by atoms with van der Waals surface area (Å²) in [5, 5.41) is 6.25. The number of hydrogen-bond acceptors (Lipinski definition) is 2. The molecule has 0 aromatic rings. The second-order valence-electron chi connectivity index (χ2n) is 0. The summed E-state index contributed by atoms with van der Waals surface area (Å²) in [4.78, 5) is 0. The largest absolute Gasteiger partial charge is 2.00 e. The van der Waals surface area contributed by atoms with Gasteiger partial charge in [0.05, 0.1) is 0 Å². The van der Waals surface area contributed by atoms with Crippen molar-refractivity contribution in [2.45, 2.75) is 0 Å². The second kappa shape index (κ2) is 122. The molecule has 0 aromatic heterocycles. The predicted molar refractivity (Wildman–Crippen MR) is 18.0 cm³/mol. The van der Waals surface area contributed by atoms with Gasteiger partial charge in [0.2, 0.25) is 0 Å². The van der Waals surface area contributed by atoms with E-state index in [1.807, 2.05) is 0 Å². The van der Waals surface area contributed by atoms with Gasteiger partial charge in [-0.15, -0.1) is 0 Å². The minimum Gasteiger partial charge on any atom is -1.00 e. The van der Waals surface area contributed by atoms with Crippen molar-refractivity contribution in [1.29, 1.82) is 5.26 Å². The van der Waals surface area contributed by atoms with Gasteiger partial charge in [0.25, 0.3) is 0 Å². The second-order valence-corrected chi connectivity index (χ2v) is 0. The van der Waals surface area contributed by atoms with Crippen molar-refractivity contribution >= 4 is 23.1 Å². The maximum absolute atomic E-state index is 6.25. The van der Waals surface area contributed by atoms with Crippen LogP contribution in [0.5, 0.6) is 0 Å². The Kier molecular flexibility index (Phi) is 1040. The summed E-state index contributed by atoms with van der Waals surface area (Å²) in [5.74, 6) is 0. The quantitative estimate of drug-likeness (QED) is 0.369. The van der Waals surface area contributed by atoms with E-state index < -0.39 is 0 Å². The molecule has 3 N–H and O–H groups in total. The smallest absolute Gasteiger partial charge is 1.00 e. The Labute approximate surface area is 61.1 Å². The van der Waals surface area contributed by atoms with E-state index in [0.717, 1.165) is 0 Å². The van der Waals surface area contributed by atoms with Crippen LogP contribution in [-0.4, -0.2) is 23.1 Å². The zero-order valence-electron chi connectivity index (χ0n) is 4.71. The van der Waals surface area contributed by atoms with E-state index in [9.17, 15) is 0 Å². The van der Waals surface area contributed by atoms with Crippen LogP contribution in [0.4, 0.5) is 0 Å². The average molecular weight is 125 g/mol. The van der Waals surface area contributed by atoms with Crippen molar-refractivity contribution < 1.29 is 19.9 Å². The number of nitrogens with zero attached hydrogens (tertiary/aromatic N) is 1. The fourth-order valence-electron chi connectivity index (χ4n) is 0. The van der Waals surface area contributed by atoms with E-state index in [2.05, 4.69) is 0 Å². The summed E-state index contributed by atoms with van der Waals surface area (Å²) in [7, 11) is 0. The van der Waals surface area contributed by atoms with Crippen LogP contribution in [0.3, 0.4) is 0 Å². The van der Waals surface area contributed by atoms with E-state index in [0.29, 0.717) is 0 Å². The van der Waals surface area contributed by atoms with Crippen LogP contribution in [-0.2, 0) is 17.1 Å². The zero-order valence-corrected chi connectivity index (χ0v) is 5.23. The third-order valence-corrected chi connectivity index (χ3v) is 0. The molecule has 0 fully saturated rings. The van der Waals surface area contributed by atoms with Gasteiger partial charge in [-0.25, -0.2) is 0 Å². The van der Waals surface area contributed by atoms with E-state index in [4.69, 9.17) is 11.8 Å². The van der Waals surface area contributed by atoms with E-state index in [1.54, 1.807) is 0 Å². The molecule has 0 radical (unpaired) electrons. The molecule has 0 spiro atoms. The molecule has 0 saturated heterocycles. The topological polar surface area (TPSA) is 58.8 Å². The third-order valence-electron chi connectivity index (χ3n) is 0. The summed E-state index contributed by atoms with van der Waals surface area (Å²) in [6.45, 7) is 4.75. The van der Waals surface area contributed by atoms with Crippen LogP contribution in [0.1, 0.15) is 2.85 Å². The Morgan fingerprint density at radius 2 is 1.40 bits per heavy atom. The summed E-state index contributed by atoms with van der Waals surface area (Å²) >= 11 is 0. The Balaban J connectivity index is -0.000000000500. The molecule has 0 atom stereocenters. The summed E-state index contributed by atoms with van der Waals surface area (Å²) in [5.41, 5.74) is 0. The van der Waals surface area contributed by atoms with Gasteiger partial charge in [0.15, 0.2) is 0 Å². The Morgan fingerprint density at radius 3 is 1.40 bits per heavy atom. The SMILES string of the molecule is N.[C-]#N.[Fe].[H-].[H-].[Mg+2]. The molecule has 0 aromatic carbocycles. The molecular formula is CH5FeMgN2-. The van der Waals surface area contributed by atoms with Crippen LogP contribution < -0.4 is 6.15 Å². The molecule has 2 nitrogen and oxygen atoms in total. The van der Waals surface area contributed by atoms with Crippen LogP contribution in [0.15, 0.2) is 0 Å². The molecular weight excluding hydrogens is 120 g/mol. The average Bonchev–Trinajstić information content (AvgIpc) is 1.00. The molecule has 0 saturated carbocycles. The van der Waals surface area contributed by atoms with Crippen molar-refractivity contribution in [2.24, 2.45) is 0 Å². The van der Waals surface area contributed by atoms with E-state index in [1.165, 1.54) is 0 Å². The fraction of sp³-hybridized carbons (Fsp3) is 0. The first kappa shape index (κ1) is 42.7. The number of rotatable bonds is 0. The molecule has 0 aliphatic heterocycles. The van der Waals surface area contributed by atoms with Crippen molar-refractivity contribution in [3.8, 4) is 0 Å². The standard InChI is InChI=1S/CN.Fe.Mg.H3N.2H/c1-2;;;;;/h;;;1H3;;/q-1;;+2;;2*-1. The normalized spacial score (nSPS) is 0.400. The minimum absolute atomic E-state index is 0. The Bertz CT molecular complexity index is 20.4. The van der Waals surface area contributed by atoms with Crippen LogP contribution in [0, 0.1) is 11.8 Å². The Morgan fingerprint density at radius 1 is 1.40 bits per heavy atom. The van der Waals surface area contributed by atoms with Gasteiger partial charge in [-0.05, 0) is 0 Å². The molecule has 0 unspecified atom stereocenters. The first-order chi connectivity index (χ1) is 1.00. The maximum Gasteiger partial charge on any atom is 2.00 e. The van der Waals surface area contributed by atoms with Crippen LogP contribution in [0.2, 0.25) is 0 Å². The van der Waals surface area contributed by atoms with Crippen molar-refractivity contribution in [1.82, 2.24) is 6.15 Å². The summed E-state index contributed by atoms with van der Waals surface area (Å²) in [6, 6.07) is 0. The molecule has 0 aliphatic carbocycles. The van der Waals surface area contributed by atoms with Crippen molar-refractivity contribution in [3.05, 3.63) is 6.57 Å². The molecule has 0 bridgehead atoms. The summed E-state index contributed by atoms with van der Waals surface area (Å²) < 4.78 is 0. The van der Waals surface area contributed by atoms with Gasteiger partial charge in [0, 0.05) is 17.1 Å².